The molecule has 4 nitrogen and oxygen atoms in total. The van der Waals surface area contributed by atoms with Crippen molar-refractivity contribution in [2.45, 2.75) is 104 Å². The lowest BCUT2D eigenvalue weighted by Gasteiger charge is -2.58. The predicted molar refractivity (Wildman–Crippen MR) is 117 cm³/mol. The standard InChI is InChI=1S/C25H42N2O2/c1-5-15(2)22(26)23(29)27-21-9-8-19-18-7-6-16-14-17(28)10-12-24(16,3)20(18)11-13-25(19,21)4/h6,15,17-22,28H,5,7-14,26H2,1-4H3,(H,27,29)/t15?,17-,18?,19?,20?,21-,22-,24-,25-/m0/s1. The summed E-state index contributed by atoms with van der Waals surface area (Å²) < 4.78 is 0. The smallest absolute Gasteiger partial charge is 0.237 e. The van der Waals surface area contributed by atoms with Crippen LogP contribution >= 0.6 is 0 Å². The highest BCUT2D eigenvalue weighted by molar-refractivity contribution is 5.82. The molecular weight excluding hydrogens is 360 g/mol. The normalized spacial score (nSPS) is 46.0. The molecule has 0 saturated heterocycles. The third-order valence-electron chi connectivity index (χ3n) is 9.95. The molecule has 164 valence electrons. The van der Waals surface area contributed by atoms with Gasteiger partial charge < -0.3 is 16.2 Å². The number of hydrogen-bond acceptors (Lipinski definition) is 3. The Bertz CT molecular complexity index is 676. The summed E-state index contributed by atoms with van der Waals surface area (Å²) in [6, 6.07) is -0.130. The van der Waals surface area contributed by atoms with Gasteiger partial charge in [-0.3, -0.25) is 4.79 Å². The average molecular weight is 403 g/mol. The summed E-state index contributed by atoms with van der Waals surface area (Å²) in [5.41, 5.74) is 8.24. The van der Waals surface area contributed by atoms with E-state index < -0.39 is 6.04 Å². The fourth-order valence-corrected chi connectivity index (χ4v) is 7.66. The molecule has 4 unspecified atom stereocenters. The summed E-state index contributed by atoms with van der Waals surface area (Å²) >= 11 is 0. The van der Waals surface area contributed by atoms with Crippen LogP contribution in [0.25, 0.3) is 0 Å². The van der Waals surface area contributed by atoms with Gasteiger partial charge >= 0.3 is 0 Å². The summed E-state index contributed by atoms with van der Waals surface area (Å²) in [5.74, 6) is 2.42. The van der Waals surface area contributed by atoms with E-state index in [0.29, 0.717) is 5.92 Å². The van der Waals surface area contributed by atoms with Crippen molar-refractivity contribution in [3.8, 4) is 0 Å². The van der Waals surface area contributed by atoms with Crippen LogP contribution in [-0.2, 0) is 4.79 Å². The van der Waals surface area contributed by atoms with E-state index in [9.17, 15) is 9.90 Å². The van der Waals surface area contributed by atoms with Gasteiger partial charge in [0.15, 0.2) is 0 Å². The molecule has 0 bridgehead atoms. The highest BCUT2D eigenvalue weighted by Crippen LogP contribution is 2.64. The van der Waals surface area contributed by atoms with Gasteiger partial charge in [0.25, 0.3) is 0 Å². The van der Waals surface area contributed by atoms with Crippen LogP contribution in [0.15, 0.2) is 11.6 Å². The van der Waals surface area contributed by atoms with Crippen molar-refractivity contribution in [1.82, 2.24) is 5.32 Å². The van der Waals surface area contributed by atoms with Crippen molar-refractivity contribution in [2.24, 2.45) is 40.2 Å². The minimum Gasteiger partial charge on any atom is -0.393 e. The number of nitrogens with two attached hydrogens (primary N) is 1. The lowest BCUT2D eigenvalue weighted by molar-refractivity contribution is -0.125. The van der Waals surface area contributed by atoms with Gasteiger partial charge in [-0.1, -0.05) is 45.8 Å². The Morgan fingerprint density at radius 3 is 2.72 bits per heavy atom. The molecule has 4 aliphatic rings. The molecule has 3 saturated carbocycles. The predicted octanol–water partition coefficient (Wildman–Crippen LogP) is 4.17. The topological polar surface area (TPSA) is 75.4 Å². The lowest BCUT2D eigenvalue weighted by Crippen LogP contribution is -2.56. The Morgan fingerprint density at radius 2 is 2.00 bits per heavy atom. The van der Waals surface area contributed by atoms with Crippen molar-refractivity contribution in [3.63, 3.8) is 0 Å². The van der Waals surface area contributed by atoms with E-state index in [-0.39, 0.29) is 34.8 Å². The summed E-state index contributed by atoms with van der Waals surface area (Å²) in [4.78, 5) is 12.8. The van der Waals surface area contributed by atoms with Crippen molar-refractivity contribution >= 4 is 5.91 Å². The molecule has 4 aliphatic carbocycles. The van der Waals surface area contributed by atoms with E-state index in [1.54, 1.807) is 0 Å². The van der Waals surface area contributed by atoms with Crippen LogP contribution in [0, 0.1) is 34.5 Å². The molecule has 4 heteroatoms. The molecule has 0 spiro atoms. The molecule has 1 amide bonds. The first-order valence-corrected chi connectivity index (χ1v) is 12.1. The van der Waals surface area contributed by atoms with E-state index in [2.05, 4.69) is 39.1 Å². The third-order valence-corrected chi connectivity index (χ3v) is 9.95. The van der Waals surface area contributed by atoms with Crippen molar-refractivity contribution in [3.05, 3.63) is 11.6 Å². The SMILES string of the molecule is CCC(C)[C@H](N)C(=O)N[C@H]1CCC2C3CC=C4C[C@@H](O)CC[C@]4(C)C3CC[C@@]21C. The average Bonchev–Trinajstić information content (AvgIpc) is 3.03. The first kappa shape index (κ1) is 21.4. The number of hydrogen-bond donors (Lipinski definition) is 3. The minimum atomic E-state index is -0.397. The van der Waals surface area contributed by atoms with Crippen LogP contribution in [0.4, 0.5) is 0 Å². The van der Waals surface area contributed by atoms with Gasteiger partial charge in [0.05, 0.1) is 12.1 Å². The van der Waals surface area contributed by atoms with E-state index in [1.807, 2.05) is 0 Å². The highest BCUT2D eigenvalue weighted by atomic mass is 16.3. The molecule has 3 fully saturated rings. The number of fused-ring (bicyclic) bond motifs is 5. The number of nitrogens with one attached hydrogen (secondary N) is 1. The number of carbonyl (C=O) groups is 1. The first-order valence-electron chi connectivity index (χ1n) is 12.1. The number of rotatable bonds is 4. The van der Waals surface area contributed by atoms with Crippen LogP contribution in [-0.4, -0.2) is 29.2 Å². The van der Waals surface area contributed by atoms with E-state index in [0.717, 1.165) is 50.4 Å². The van der Waals surface area contributed by atoms with Gasteiger partial charge in [-0.05, 0) is 85.9 Å². The summed E-state index contributed by atoms with van der Waals surface area (Å²) in [6.45, 7) is 9.08. The molecule has 0 radical (unpaired) electrons. The number of amides is 1. The van der Waals surface area contributed by atoms with Gasteiger partial charge in [-0.15, -0.1) is 0 Å². The number of carbonyl (C=O) groups excluding carboxylic acids is 1. The Labute approximate surface area is 177 Å². The Hall–Kier alpha value is -0.870. The second kappa shape index (κ2) is 7.67. The fourth-order valence-electron chi connectivity index (χ4n) is 7.66. The zero-order valence-corrected chi connectivity index (χ0v) is 18.9. The molecule has 9 atom stereocenters. The van der Waals surface area contributed by atoms with E-state index in [4.69, 9.17) is 5.73 Å². The van der Waals surface area contributed by atoms with Crippen LogP contribution in [0.1, 0.15) is 85.5 Å². The minimum absolute atomic E-state index is 0.0485. The van der Waals surface area contributed by atoms with Gasteiger partial charge in [-0.25, -0.2) is 0 Å². The van der Waals surface area contributed by atoms with Crippen LogP contribution in [0.2, 0.25) is 0 Å². The molecule has 4 rings (SSSR count). The molecule has 29 heavy (non-hydrogen) atoms. The van der Waals surface area contributed by atoms with Gasteiger partial charge in [0.2, 0.25) is 5.91 Å². The molecule has 0 heterocycles. The second-order valence-electron chi connectivity index (χ2n) is 11.3. The lowest BCUT2D eigenvalue weighted by atomic mass is 9.48. The summed E-state index contributed by atoms with van der Waals surface area (Å²) in [6.07, 6.45) is 12.2. The Morgan fingerprint density at radius 1 is 1.24 bits per heavy atom. The van der Waals surface area contributed by atoms with Gasteiger partial charge in [-0.2, -0.15) is 0 Å². The molecule has 4 N–H and O–H groups in total. The zero-order valence-electron chi connectivity index (χ0n) is 18.9. The van der Waals surface area contributed by atoms with Crippen molar-refractivity contribution in [2.75, 3.05) is 0 Å². The molecule has 0 aromatic carbocycles. The maximum Gasteiger partial charge on any atom is 0.237 e. The molecule has 0 aromatic heterocycles. The summed E-state index contributed by atoms with van der Waals surface area (Å²) in [5, 5.41) is 13.6. The maximum absolute atomic E-state index is 12.8. The number of allylic oxidation sites excluding steroid dienone is 1. The zero-order chi connectivity index (χ0) is 21.0. The maximum atomic E-state index is 12.8. The largest absolute Gasteiger partial charge is 0.393 e. The van der Waals surface area contributed by atoms with Gasteiger partial charge in [0, 0.05) is 6.04 Å². The van der Waals surface area contributed by atoms with Gasteiger partial charge in [0.1, 0.15) is 0 Å². The Balaban J connectivity index is 1.51. The highest BCUT2D eigenvalue weighted by Gasteiger charge is 2.58. The fraction of sp³-hybridized carbons (Fsp3) is 0.880. The van der Waals surface area contributed by atoms with Crippen molar-refractivity contribution in [1.29, 1.82) is 0 Å². The molecular formula is C25H42N2O2. The quantitative estimate of drug-likeness (QED) is 0.618. The number of aliphatic hydroxyl groups is 1. The Kier molecular flexibility index (Phi) is 5.65. The molecule has 0 aromatic rings. The van der Waals surface area contributed by atoms with Crippen LogP contribution in [0.3, 0.4) is 0 Å². The van der Waals surface area contributed by atoms with E-state index >= 15 is 0 Å². The first-order chi connectivity index (χ1) is 13.7. The monoisotopic (exact) mass is 402 g/mol. The second-order valence-corrected chi connectivity index (χ2v) is 11.3. The van der Waals surface area contributed by atoms with Crippen LogP contribution in [0.5, 0.6) is 0 Å². The van der Waals surface area contributed by atoms with Crippen molar-refractivity contribution < 1.29 is 9.90 Å². The third kappa shape index (κ3) is 3.39. The van der Waals surface area contributed by atoms with Crippen LogP contribution < -0.4 is 11.1 Å². The summed E-state index contributed by atoms with van der Waals surface area (Å²) in [7, 11) is 0. The molecule has 0 aliphatic heterocycles. The van der Waals surface area contributed by atoms with E-state index in [1.165, 1.54) is 24.8 Å². The number of aliphatic hydroxyl groups excluding tert-OH is 1.